The van der Waals surface area contributed by atoms with Gasteiger partial charge in [-0.1, -0.05) is 24.3 Å². The van der Waals surface area contributed by atoms with Crippen LogP contribution in [0.4, 0.5) is 13.2 Å². The van der Waals surface area contributed by atoms with E-state index in [-0.39, 0.29) is 10.8 Å². The third kappa shape index (κ3) is 2.84. The van der Waals surface area contributed by atoms with Gasteiger partial charge in [-0.25, -0.2) is 13.2 Å². The molecule has 0 aliphatic rings. The zero-order valence-corrected chi connectivity index (χ0v) is 10.4. The molecule has 0 saturated carbocycles. The molecular formula is C12H9F3O3Si. The Balaban J connectivity index is 2.49. The molecule has 0 heterocycles. The first-order chi connectivity index (χ1) is 8.79. The summed E-state index contributed by atoms with van der Waals surface area (Å²) in [5.74, 6) is -3.15. The van der Waals surface area contributed by atoms with E-state index in [1.165, 1.54) is 12.1 Å². The highest BCUT2D eigenvalue weighted by Gasteiger charge is 2.30. The number of hydrogen-bond donors (Lipinski definition) is 3. The molecule has 0 spiro atoms. The fraction of sp³-hybridized carbons (Fsp3) is 0. The third-order valence-corrected chi connectivity index (χ3v) is 3.68. The van der Waals surface area contributed by atoms with Crippen LogP contribution in [0.5, 0.6) is 0 Å². The lowest BCUT2D eigenvalue weighted by Crippen LogP contribution is -2.48. The third-order valence-electron chi connectivity index (χ3n) is 2.57. The molecule has 0 atom stereocenters. The molecule has 100 valence electrons. The van der Waals surface area contributed by atoms with Gasteiger partial charge in [-0.2, -0.15) is 0 Å². The summed E-state index contributed by atoms with van der Waals surface area (Å²) in [6.07, 6.45) is 0. The van der Waals surface area contributed by atoms with Crippen molar-refractivity contribution in [3.8, 4) is 11.1 Å². The van der Waals surface area contributed by atoms with Crippen LogP contribution in [0.3, 0.4) is 0 Å². The van der Waals surface area contributed by atoms with Gasteiger partial charge in [0.1, 0.15) is 17.5 Å². The SMILES string of the molecule is O[Si](O)(O)c1ccc(-c2c(F)cc(F)cc2F)cc1. The normalized spacial score (nSPS) is 11.7. The van der Waals surface area contributed by atoms with Crippen molar-refractivity contribution in [2.24, 2.45) is 0 Å². The minimum atomic E-state index is -4.44. The Morgan fingerprint density at radius 3 is 1.68 bits per heavy atom. The topological polar surface area (TPSA) is 60.7 Å². The maximum absolute atomic E-state index is 13.5. The van der Waals surface area contributed by atoms with Gasteiger partial charge >= 0.3 is 8.80 Å². The molecule has 7 heteroatoms. The number of rotatable bonds is 2. The number of halogens is 3. The van der Waals surface area contributed by atoms with Crippen LogP contribution < -0.4 is 5.19 Å². The Kier molecular flexibility index (Phi) is 3.46. The largest absolute Gasteiger partial charge is 0.528 e. The molecule has 3 N–H and O–H groups in total. The van der Waals surface area contributed by atoms with Crippen LogP contribution in [0.1, 0.15) is 0 Å². The Bertz CT molecular complexity index is 586. The Morgan fingerprint density at radius 2 is 1.26 bits per heavy atom. The summed E-state index contributed by atoms with van der Waals surface area (Å²) in [7, 11) is -4.44. The summed E-state index contributed by atoms with van der Waals surface area (Å²) >= 11 is 0. The van der Waals surface area contributed by atoms with Crippen molar-refractivity contribution in [3.05, 3.63) is 53.8 Å². The van der Waals surface area contributed by atoms with Crippen molar-refractivity contribution < 1.29 is 27.6 Å². The quantitative estimate of drug-likeness (QED) is 0.719. The number of benzene rings is 2. The highest BCUT2D eigenvalue weighted by Crippen LogP contribution is 2.26. The first-order valence-corrected chi connectivity index (χ1v) is 7.06. The van der Waals surface area contributed by atoms with E-state index in [1.807, 2.05) is 0 Å². The average molecular weight is 286 g/mol. The van der Waals surface area contributed by atoms with Crippen molar-refractivity contribution in [3.63, 3.8) is 0 Å². The highest BCUT2D eigenvalue weighted by molar-refractivity contribution is 6.71. The summed E-state index contributed by atoms with van der Waals surface area (Å²) in [4.78, 5) is 27.1. The molecule has 0 saturated heterocycles. The van der Waals surface area contributed by atoms with E-state index in [9.17, 15) is 13.2 Å². The Labute approximate surface area is 107 Å². The maximum Gasteiger partial charge on any atom is 0.528 e. The fourth-order valence-corrected chi connectivity index (χ4v) is 2.29. The van der Waals surface area contributed by atoms with Crippen LogP contribution >= 0.6 is 0 Å². The molecule has 0 radical (unpaired) electrons. The van der Waals surface area contributed by atoms with E-state index in [2.05, 4.69) is 0 Å². The highest BCUT2D eigenvalue weighted by atomic mass is 28.4. The van der Waals surface area contributed by atoms with E-state index < -0.39 is 31.8 Å². The van der Waals surface area contributed by atoms with E-state index in [4.69, 9.17) is 14.4 Å². The van der Waals surface area contributed by atoms with Crippen molar-refractivity contribution in [2.75, 3.05) is 0 Å². The molecular weight excluding hydrogens is 277 g/mol. The van der Waals surface area contributed by atoms with Gasteiger partial charge in [0.2, 0.25) is 0 Å². The summed E-state index contributed by atoms with van der Waals surface area (Å²) in [5, 5.41) is -0.126. The van der Waals surface area contributed by atoms with Crippen LogP contribution in [0.25, 0.3) is 11.1 Å². The first kappa shape index (κ1) is 13.8. The van der Waals surface area contributed by atoms with Gasteiger partial charge < -0.3 is 14.4 Å². The van der Waals surface area contributed by atoms with Gasteiger partial charge in [0.15, 0.2) is 0 Å². The molecule has 3 nitrogen and oxygen atoms in total. The maximum atomic E-state index is 13.5. The summed E-state index contributed by atoms with van der Waals surface area (Å²) in [6, 6.07) is 5.80. The lowest BCUT2D eigenvalue weighted by atomic mass is 10.0. The van der Waals surface area contributed by atoms with E-state index >= 15 is 0 Å². The van der Waals surface area contributed by atoms with Crippen LogP contribution in [0, 0.1) is 17.5 Å². The van der Waals surface area contributed by atoms with Gasteiger partial charge in [0.05, 0.1) is 5.56 Å². The zero-order chi connectivity index (χ0) is 14.2. The van der Waals surface area contributed by atoms with Gasteiger partial charge in [-0.15, -0.1) is 0 Å². The summed E-state index contributed by atoms with van der Waals surface area (Å²) < 4.78 is 39.8. The van der Waals surface area contributed by atoms with Crippen LogP contribution in [-0.4, -0.2) is 23.2 Å². The Hall–Kier alpha value is -1.67. The minimum absolute atomic E-state index is 0.0944. The molecule has 0 aliphatic heterocycles. The molecule has 2 aromatic rings. The Morgan fingerprint density at radius 1 is 0.789 bits per heavy atom. The molecule has 0 amide bonds. The van der Waals surface area contributed by atoms with E-state index in [1.54, 1.807) is 0 Å². The molecule has 0 fully saturated rings. The predicted molar refractivity (Wildman–Crippen MR) is 63.8 cm³/mol. The second kappa shape index (κ2) is 4.78. The van der Waals surface area contributed by atoms with Crippen molar-refractivity contribution in [2.45, 2.75) is 0 Å². The molecule has 0 unspecified atom stereocenters. The second-order valence-corrected chi connectivity index (χ2v) is 5.81. The molecule has 19 heavy (non-hydrogen) atoms. The molecule has 2 aromatic carbocycles. The van der Waals surface area contributed by atoms with Crippen LogP contribution in [0.15, 0.2) is 36.4 Å². The number of hydrogen-bond acceptors (Lipinski definition) is 3. The van der Waals surface area contributed by atoms with Crippen LogP contribution in [-0.2, 0) is 0 Å². The lowest BCUT2D eigenvalue weighted by Gasteiger charge is -2.11. The summed E-state index contributed by atoms with van der Waals surface area (Å²) in [6.45, 7) is 0. The minimum Gasteiger partial charge on any atom is -0.386 e. The molecule has 0 aliphatic carbocycles. The summed E-state index contributed by atoms with van der Waals surface area (Å²) in [5.41, 5.74) is -0.328. The van der Waals surface area contributed by atoms with Gasteiger partial charge in [-0.3, -0.25) is 0 Å². The zero-order valence-electron chi connectivity index (χ0n) is 9.44. The monoisotopic (exact) mass is 286 g/mol. The predicted octanol–water partition coefficient (Wildman–Crippen LogP) is 0.894. The van der Waals surface area contributed by atoms with Crippen LogP contribution in [0.2, 0.25) is 0 Å². The first-order valence-electron chi connectivity index (χ1n) is 5.21. The fourth-order valence-electron chi connectivity index (χ4n) is 1.68. The molecule has 2 rings (SSSR count). The van der Waals surface area contributed by atoms with Gasteiger partial charge in [-0.05, 0) is 5.56 Å². The molecule has 0 bridgehead atoms. The smallest absolute Gasteiger partial charge is 0.386 e. The van der Waals surface area contributed by atoms with Gasteiger partial charge in [0.25, 0.3) is 0 Å². The molecule has 0 aromatic heterocycles. The van der Waals surface area contributed by atoms with E-state index in [0.29, 0.717) is 12.1 Å². The lowest BCUT2D eigenvalue weighted by molar-refractivity contribution is 0.250. The van der Waals surface area contributed by atoms with Crippen molar-refractivity contribution >= 4 is 14.0 Å². The second-order valence-electron chi connectivity index (χ2n) is 3.96. The van der Waals surface area contributed by atoms with Gasteiger partial charge in [0, 0.05) is 17.3 Å². The van der Waals surface area contributed by atoms with E-state index in [0.717, 1.165) is 12.1 Å². The average Bonchev–Trinajstić information content (AvgIpc) is 2.27. The standard InChI is InChI=1S/C12H9F3O3Si/c13-8-5-10(14)12(11(15)6-8)7-1-3-9(4-2-7)19(16,17)18/h1-6,16-18H. The van der Waals surface area contributed by atoms with Crippen molar-refractivity contribution in [1.82, 2.24) is 0 Å². The van der Waals surface area contributed by atoms with Crippen molar-refractivity contribution in [1.29, 1.82) is 0 Å².